The van der Waals surface area contributed by atoms with E-state index in [0.717, 1.165) is 33.6 Å². The first-order chi connectivity index (χ1) is 16.2. The molecule has 1 aliphatic heterocycles. The molecule has 6 nitrogen and oxygen atoms in total. The van der Waals surface area contributed by atoms with Gasteiger partial charge in [0.25, 0.3) is 0 Å². The summed E-state index contributed by atoms with van der Waals surface area (Å²) in [6.45, 7) is 0. The summed E-state index contributed by atoms with van der Waals surface area (Å²) < 4.78 is 8.01. The molecule has 3 heterocycles. The number of furan rings is 1. The molecule has 6 rings (SSSR count). The number of rotatable bonds is 4. The van der Waals surface area contributed by atoms with Gasteiger partial charge in [0.05, 0.1) is 17.4 Å². The minimum Gasteiger partial charge on any atom is -0.507 e. The second-order valence-electron chi connectivity index (χ2n) is 7.97. The summed E-state index contributed by atoms with van der Waals surface area (Å²) in [6, 6.07) is 24.7. The molecular weight excluding hydrogens is 436 g/mol. The Labute approximate surface area is 194 Å². The van der Waals surface area contributed by atoms with Gasteiger partial charge in [-0.3, -0.25) is 0 Å². The maximum Gasteiger partial charge on any atom is 0.156 e. The van der Waals surface area contributed by atoms with E-state index in [1.807, 2.05) is 71.5 Å². The van der Waals surface area contributed by atoms with Gasteiger partial charge in [-0.05, 0) is 42.5 Å². The number of benzene rings is 3. The van der Waals surface area contributed by atoms with Crippen LogP contribution in [0.15, 0.2) is 94.6 Å². The molecule has 0 radical (unpaired) electrons. The molecule has 0 amide bonds. The molecule has 5 aromatic rings. The smallest absolute Gasteiger partial charge is 0.156 e. The first-order valence-corrected chi connectivity index (χ1v) is 11.0. The molecule has 1 unspecified atom stereocenters. The molecule has 0 bridgehead atoms. The number of phenolic OH excluding ortho intramolecular Hbond substituents is 1. The molecule has 0 fully saturated rings. The van der Waals surface area contributed by atoms with Crippen molar-refractivity contribution in [2.24, 2.45) is 5.10 Å². The predicted octanol–water partition coefficient (Wildman–Crippen LogP) is 6.08. The Morgan fingerprint density at radius 3 is 2.67 bits per heavy atom. The molecule has 1 atom stereocenters. The number of para-hydroxylation sites is 2. The van der Waals surface area contributed by atoms with E-state index < -0.39 is 0 Å². The first-order valence-electron chi connectivity index (χ1n) is 10.6. The number of hydrogen-bond acceptors (Lipinski definition) is 5. The Balaban J connectivity index is 1.42. The van der Waals surface area contributed by atoms with E-state index in [0.29, 0.717) is 22.8 Å². The second-order valence-corrected chi connectivity index (χ2v) is 8.40. The quantitative estimate of drug-likeness (QED) is 0.345. The zero-order valence-corrected chi connectivity index (χ0v) is 18.2. The van der Waals surface area contributed by atoms with Crippen molar-refractivity contribution < 1.29 is 9.52 Å². The number of aromatic nitrogens is 2. The minimum atomic E-state index is -0.140. The summed E-state index contributed by atoms with van der Waals surface area (Å²) in [6.07, 6.45) is 2.58. The Morgan fingerprint density at radius 1 is 1.00 bits per heavy atom. The number of hydrogen-bond donors (Lipinski definition) is 2. The molecule has 33 heavy (non-hydrogen) atoms. The standard InChI is InChI=1S/C26H19ClN4O2/c27-17-10-11-23(32)19(13-17)21-14-22(29-28-21)20-15-31(18-7-2-1-3-8-18)30-26(20)25-12-16-6-4-5-9-24(16)33-25/h1-13,15,22,29,32H,14H2. The molecule has 0 saturated carbocycles. The zero-order valence-electron chi connectivity index (χ0n) is 17.4. The van der Waals surface area contributed by atoms with Crippen LogP contribution in [0, 0.1) is 0 Å². The molecular formula is C26H19ClN4O2. The lowest BCUT2D eigenvalue weighted by Crippen LogP contribution is -2.10. The number of aromatic hydroxyl groups is 1. The fourth-order valence-electron chi connectivity index (χ4n) is 4.17. The zero-order chi connectivity index (χ0) is 22.4. The maximum absolute atomic E-state index is 10.3. The van der Waals surface area contributed by atoms with Gasteiger partial charge >= 0.3 is 0 Å². The third-order valence-corrected chi connectivity index (χ3v) is 6.06. The average molecular weight is 455 g/mol. The van der Waals surface area contributed by atoms with Crippen LogP contribution < -0.4 is 5.43 Å². The lowest BCUT2D eigenvalue weighted by molar-refractivity contribution is 0.474. The SMILES string of the molecule is Oc1ccc(Cl)cc1C1=NNC(c2cn(-c3ccccc3)nc2-c2cc3ccccc3o2)C1. The largest absolute Gasteiger partial charge is 0.507 e. The van der Waals surface area contributed by atoms with Crippen LogP contribution in [-0.4, -0.2) is 20.6 Å². The Morgan fingerprint density at radius 2 is 1.82 bits per heavy atom. The van der Waals surface area contributed by atoms with Gasteiger partial charge in [0.1, 0.15) is 17.0 Å². The monoisotopic (exact) mass is 454 g/mol. The predicted molar refractivity (Wildman–Crippen MR) is 129 cm³/mol. The van der Waals surface area contributed by atoms with Gasteiger partial charge in [-0.1, -0.05) is 48.0 Å². The van der Waals surface area contributed by atoms with Crippen LogP contribution in [0.3, 0.4) is 0 Å². The van der Waals surface area contributed by atoms with Gasteiger partial charge in [0, 0.05) is 34.2 Å². The second kappa shape index (κ2) is 7.83. The summed E-state index contributed by atoms with van der Waals surface area (Å²) in [7, 11) is 0. The highest BCUT2D eigenvalue weighted by molar-refractivity contribution is 6.31. The summed E-state index contributed by atoms with van der Waals surface area (Å²) in [5.74, 6) is 0.847. The number of fused-ring (bicyclic) bond motifs is 1. The third-order valence-electron chi connectivity index (χ3n) is 5.82. The molecule has 162 valence electrons. The van der Waals surface area contributed by atoms with Gasteiger partial charge in [-0.15, -0.1) is 0 Å². The number of halogens is 1. The van der Waals surface area contributed by atoms with Gasteiger partial charge in [-0.2, -0.15) is 10.2 Å². The van der Waals surface area contributed by atoms with Gasteiger partial charge < -0.3 is 14.9 Å². The number of phenols is 1. The van der Waals surface area contributed by atoms with E-state index in [1.165, 1.54) is 0 Å². The maximum atomic E-state index is 10.3. The first kappa shape index (κ1) is 19.6. The van der Waals surface area contributed by atoms with Crippen molar-refractivity contribution in [3.63, 3.8) is 0 Å². The highest BCUT2D eigenvalue weighted by Gasteiger charge is 2.29. The van der Waals surface area contributed by atoms with Crippen LogP contribution in [0.25, 0.3) is 28.1 Å². The van der Waals surface area contributed by atoms with E-state index in [-0.39, 0.29) is 11.8 Å². The van der Waals surface area contributed by atoms with Crippen molar-refractivity contribution in [3.05, 3.63) is 101 Å². The lowest BCUT2D eigenvalue weighted by Gasteiger charge is -2.09. The van der Waals surface area contributed by atoms with Crippen molar-refractivity contribution in [1.82, 2.24) is 15.2 Å². The molecule has 0 spiro atoms. The van der Waals surface area contributed by atoms with Crippen molar-refractivity contribution >= 4 is 28.3 Å². The molecule has 1 aliphatic rings. The summed E-state index contributed by atoms with van der Waals surface area (Å²) in [4.78, 5) is 0. The highest BCUT2D eigenvalue weighted by atomic mass is 35.5. The number of hydrazone groups is 1. The fraction of sp³-hybridized carbons (Fsp3) is 0.0769. The fourth-order valence-corrected chi connectivity index (χ4v) is 4.35. The Kier molecular flexibility index (Phi) is 4.66. The van der Waals surface area contributed by atoms with Crippen LogP contribution in [0.2, 0.25) is 5.02 Å². The highest BCUT2D eigenvalue weighted by Crippen LogP contribution is 2.36. The van der Waals surface area contributed by atoms with E-state index in [1.54, 1.807) is 18.2 Å². The molecule has 0 aliphatic carbocycles. The summed E-state index contributed by atoms with van der Waals surface area (Å²) in [5.41, 5.74) is 8.05. The molecule has 3 aromatic carbocycles. The number of nitrogens with zero attached hydrogens (tertiary/aromatic N) is 3. The average Bonchev–Trinajstić information content (AvgIpc) is 3.58. The van der Waals surface area contributed by atoms with E-state index >= 15 is 0 Å². The van der Waals surface area contributed by atoms with E-state index in [2.05, 4.69) is 10.5 Å². The van der Waals surface area contributed by atoms with Crippen LogP contribution in [-0.2, 0) is 0 Å². The van der Waals surface area contributed by atoms with E-state index in [9.17, 15) is 5.11 Å². The minimum absolute atomic E-state index is 0.140. The van der Waals surface area contributed by atoms with E-state index in [4.69, 9.17) is 21.1 Å². The number of nitrogens with one attached hydrogen (secondary N) is 1. The van der Waals surface area contributed by atoms with Gasteiger partial charge in [-0.25, -0.2) is 4.68 Å². The molecule has 2 aromatic heterocycles. The lowest BCUT2D eigenvalue weighted by atomic mass is 9.98. The normalized spacial score (nSPS) is 15.5. The Bertz CT molecular complexity index is 1470. The van der Waals surface area contributed by atoms with Crippen LogP contribution in [0.4, 0.5) is 0 Å². The third kappa shape index (κ3) is 3.54. The van der Waals surface area contributed by atoms with Crippen LogP contribution in [0.5, 0.6) is 5.75 Å². The van der Waals surface area contributed by atoms with Gasteiger partial charge in [0.2, 0.25) is 0 Å². The van der Waals surface area contributed by atoms with Crippen molar-refractivity contribution in [2.45, 2.75) is 12.5 Å². The molecule has 0 saturated heterocycles. The van der Waals surface area contributed by atoms with Crippen molar-refractivity contribution in [3.8, 4) is 22.9 Å². The Hall–Kier alpha value is -4.03. The van der Waals surface area contributed by atoms with Crippen molar-refractivity contribution in [1.29, 1.82) is 0 Å². The molecule has 7 heteroatoms. The summed E-state index contributed by atoms with van der Waals surface area (Å²) in [5, 5.41) is 21.3. The topological polar surface area (TPSA) is 75.6 Å². The van der Waals surface area contributed by atoms with Gasteiger partial charge in [0.15, 0.2) is 5.76 Å². The van der Waals surface area contributed by atoms with Crippen molar-refractivity contribution in [2.75, 3.05) is 0 Å². The molecule has 2 N–H and O–H groups in total. The summed E-state index contributed by atoms with van der Waals surface area (Å²) >= 11 is 6.15. The van der Waals surface area contributed by atoms with Crippen LogP contribution >= 0.6 is 11.6 Å². The van der Waals surface area contributed by atoms with Crippen LogP contribution in [0.1, 0.15) is 23.6 Å².